The average molecular weight is 375 g/mol. The van der Waals surface area contributed by atoms with Crippen LogP contribution in [0.15, 0.2) is 53.4 Å². The normalized spacial score (nSPS) is 11.5. The Balaban J connectivity index is 1.91. The molecule has 0 aliphatic rings. The first-order valence-corrected chi connectivity index (χ1v) is 8.73. The molecular weight excluding hydrogens is 357 g/mol. The number of hydrogen-bond acceptors (Lipinski definition) is 5. The Bertz CT molecular complexity index is 810. The lowest BCUT2D eigenvalue weighted by Gasteiger charge is -2.11. The Hall–Kier alpha value is -2.67. The van der Waals surface area contributed by atoms with Crippen molar-refractivity contribution in [3.05, 3.63) is 59.9 Å². The number of Topliss-reactive ketones (excluding diaryl/α,β-unsaturated/α-hetero) is 1. The van der Waals surface area contributed by atoms with E-state index in [4.69, 9.17) is 4.74 Å². The minimum Gasteiger partial charge on any atom is -0.456 e. The Morgan fingerprint density at radius 2 is 1.85 bits per heavy atom. The number of nitrogens with one attached hydrogen (secondary N) is 1. The van der Waals surface area contributed by atoms with Crippen LogP contribution in [0.25, 0.3) is 0 Å². The minimum atomic E-state index is -0.788. The fourth-order valence-corrected chi connectivity index (χ4v) is 2.99. The predicted octanol–water partition coefficient (Wildman–Crippen LogP) is 3.69. The molecule has 0 aliphatic heterocycles. The van der Waals surface area contributed by atoms with E-state index in [-0.39, 0.29) is 17.2 Å². The van der Waals surface area contributed by atoms with Gasteiger partial charge in [-0.15, -0.1) is 11.8 Å². The molecule has 0 spiro atoms. The number of halogens is 1. The molecule has 0 heterocycles. The van der Waals surface area contributed by atoms with Gasteiger partial charge in [-0.25, -0.2) is 4.39 Å². The summed E-state index contributed by atoms with van der Waals surface area (Å²) in [7, 11) is 0. The van der Waals surface area contributed by atoms with Gasteiger partial charge in [0.2, 0.25) is 11.7 Å². The number of carbonyl (C=O) groups is 3. The van der Waals surface area contributed by atoms with Crippen LogP contribution < -0.4 is 5.32 Å². The van der Waals surface area contributed by atoms with Gasteiger partial charge in [-0.2, -0.15) is 0 Å². The molecule has 0 aromatic heterocycles. The van der Waals surface area contributed by atoms with E-state index in [0.717, 1.165) is 11.0 Å². The van der Waals surface area contributed by atoms with Gasteiger partial charge >= 0.3 is 5.97 Å². The number of ketones is 1. The largest absolute Gasteiger partial charge is 0.456 e. The fourth-order valence-electron chi connectivity index (χ4n) is 2.11. The third-order valence-electron chi connectivity index (χ3n) is 3.32. The molecule has 0 saturated carbocycles. The second-order valence-electron chi connectivity index (χ2n) is 5.48. The Morgan fingerprint density at radius 3 is 2.46 bits per heavy atom. The van der Waals surface area contributed by atoms with E-state index >= 15 is 0 Å². The summed E-state index contributed by atoms with van der Waals surface area (Å²) < 4.78 is 19.0. The zero-order valence-corrected chi connectivity index (χ0v) is 15.1. The van der Waals surface area contributed by atoms with Crippen molar-refractivity contribution in [1.29, 1.82) is 0 Å². The van der Waals surface area contributed by atoms with Crippen molar-refractivity contribution in [2.75, 3.05) is 11.9 Å². The van der Waals surface area contributed by atoms with E-state index in [0.29, 0.717) is 0 Å². The molecule has 1 atom stereocenters. The zero-order chi connectivity index (χ0) is 19.1. The highest BCUT2D eigenvalue weighted by molar-refractivity contribution is 8.00. The van der Waals surface area contributed by atoms with Crippen molar-refractivity contribution in [3.63, 3.8) is 0 Å². The maximum atomic E-state index is 14.0. The summed E-state index contributed by atoms with van der Waals surface area (Å²) in [6.07, 6.45) is 0. The first-order chi connectivity index (χ1) is 12.4. The maximum Gasteiger partial charge on any atom is 0.319 e. The molecule has 0 radical (unpaired) electrons. The summed E-state index contributed by atoms with van der Waals surface area (Å²) >= 11 is 1.31. The van der Waals surface area contributed by atoms with E-state index in [2.05, 4.69) is 5.32 Å². The minimum absolute atomic E-state index is 0.199. The number of anilines is 1. The first kappa shape index (κ1) is 19.7. The van der Waals surface area contributed by atoms with Crippen LogP contribution in [0.4, 0.5) is 10.1 Å². The Labute approximate surface area is 154 Å². The molecule has 1 N–H and O–H groups in total. The van der Waals surface area contributed by atoms with Crippen LogP contribution in [-0.4, -0.2) is 29.5 Å². The van der Waals surface area contributed by atoms with Gasteiger partial charge in [-0.05, 0) is 37.3 Å². The van der Waals surface area contributed by atoms with Crippen molar-refractivity contribution in [1.82, 2.24) is 0 Å². The highest BCUT2D eigenvalue weighted by Crippen LogP contribution is 2.23. The molecular formula is C19H18FNO4S. The van der Waals surface area contributed by atoms with Crippen LogP contribution in [0.2, 0.25) is 0 Å². The van der Waals surface area contributed by atoms with Crippen LogP contribution in [0.1, 0.15) is 24.2 Å². The molecule has 2 aromatic rings. The van der Waals surface area contributed by atoms with Crippen LogP contribution in [0, 0.1) is 5.82 Å². The lowest BCUT2D eigenvalue weighted by atomic mass is 10.1. The van der Waals surface area contributed by atoms with E-state index < -0.39 is 29.4 Å². The zero-order valence-electron chi connectivity index (χ0n) is 14.3. The summed E-state index contributed by atoms with van der Waals surface area (Å²) in [5.74, 6) is -2.34. The second-order valence-corrected chi connectivity index (χ2v) is 6.89. The third kappa shape index (κ3) is 5.70. The van der Waals surface area contributed by atoms with E-state index in [1.54, 1.807) is 6.92 Å². The van der Waals surface area contributed by atoms with E-state index in [1.165, 1.54) is 30.8 Å². The summed E-state index contributed by atoms with van der Waals surface area (Å²) in [5, 5.41) is 1.92. The van der Waals surface area contributed by atoms with Crippen molar-refractivity contribution >= 4 is 35.1 Å². The summed E-state index contributed by atoms with van der Waals surface area (Å²) in [5.41, 5.74) is 0.0479. The van der Waals surface area contributed by atoms with Gasteiger partial charge in [0.1, 0.15) is 11.1 Å². The van der Waals surface area contributed by atoms with Gasteiger partial charge in [0.05, 0.1) is 5.56 Å². The third-order valence-corrected chi connectivity index (χ3v) is 4.41. The second kappa shape index (κ2) is 9.15. The SMILES string of the molecule is CC(=O)Nc1ccc(C(=O)COC(=O)[C@@H](C)Sc2ccccc2)c(F)c1. The number of amides is 1. The number of carbonyl (C=O) groups excluding carboxylic acids is 3. The van der Waals surface area contributed by atoms with Crippen LogP contribution in [0.5, 0.6) is 0 Å². The lowest BCUT2D eigenvalue weighted by molar-refractivity contribution is -0.141. The predicted molar refractivity (Wildman–Crippen MR) is 97.8 cm³/mol. The van der Waals surface area contributed by atoms with Crippen molar-refractivity contribution in [2.45, 2.75) is 24.0 Å². The van der Waals surface area contributed by atoms with Crippen LogP contribution in [0.3, 0.4) is 0 Å². The highest BCUT2D eigenvalue weighted by Gasteiger charge is 2.19. The summed E-state index contributed by atoms with van der Waals surface area (Å²) in [6.45, 7) is 2.42. The first-order valence-electron chi connectivity index (χ1n) is 7.85. The molecule has 2 aromatic carbocycles. The van der Waals surface area contributed by atoms with Crippen molar-refractivity contribution < 1.29 is 23.5 Å². The average Bonchev–Trinajstić information content (AvgIpc) is 2.59. The molecule has 5 nitrogen and oxygen atoms in total. The molecule has 0 aliphatic carbocycles. The molecule has 26 heavy (non-hydrogen) atoms. The topological polar surface area (TPSA) is 72.5 Å². The summed E-state index contributed by atoms with van der Waals surface area (Å²) in [6, 6.07) is 13.0. The molecule has 2 rings (SSSR count). The van der Waals surface area contributed by atoms with Crippen LogP contribution in [-0.2, 0) is 14.3 Å². The molecule has 7 heteroatoms. The van der Waals surface area contributed by atoms with Gasteiger partial charge in [0.15, 0.2) is 6.61 Å². The van der Waals surface area contributed by atoms with E-state index in [9.17, 15) is 18.8 Å². The Kier molecular flexibility index (Phi) is 6.91. The fraction of sp³-hybridized carbons (Fsp3) is 0.211. The molecule has 0 bridgehead atoms. The lowest BCUT2D eigenvalue weighted by Crippen LogP contribution is -2.21. The van der Waals surface area contributed by atoms with E-state index in [1.807, 2.05) is 30.3 Å². The molecule has 0 saturated heterocycles. The number of hydrogen-bond donors (Lipinski definition) is 1. The molecule has 136 valence electrons. The number of ether oxygens (including phenoxy) is 1. The molecule has 0 fully saturated rings. The van der Waals surface area contributed by atoms with Gasteiger partial charge in [-0.1, -0.05) is 18.2 Å². The molecule has 1 amide bonds. The number of thioether (sulfide) groups is 1. The van der Waals surface area contributed by atoms with Gasteiger partial charge in [0, 0.05) is 17.5 Å². The molecule has 0 unspecified atom stereocenters. The number of benzene rings is 2. The summed E-state index contributed by atoms with van der Waals surface area (Å²) in [4.78, 5) is 35.9. The van der Waals surface area contributed by atoms with Crippen molar-refractivity contribution in [2.24, 2.45) is 0 Å². The number of esters is 1. The highest BCUT2D eigenvalue weighted by atomic mass is 32.2. The van der Waals surface area contributed by atoms with Gasteiger partial charge in [-0.3, -0.25) is 14.4 Å². The number of rotatable bonds is 7. The quantitative estimate of drug-likeness (QED) is 0.454. The monoisotopic (exact) mass is 375 g/mol. The smallest absolute Gasteiger partial charge is 0.319 e. The van der Waals surface area contributed by atoms with Crippen LogP contribution >= 0.6 is 11.8 Å². The van der Waals surface area contributed by atoms with Gasteiger partial charge in [0.25, 0.3) is 0 Å². The Morgan fingerprint density at radius 1 is 1.15 bits per heavy atom. The maximum absolute atomic E-state index is 14.0. The standard InChI is InChI=1S/C19H18FNO4S/c1-12(26-15-6-4-3-5-7-15)19(24)25-11-18(23)16-9-8-14(10-17(16)20)21-13(2)22/h3-10,12H,11H2,1-2H3,(H,21,22)/t12-/m1/s1. The van der Waals surface area contributed by atoms with Crippen molar-refractivity contribution in [3.8, 4) is 0 Å². The van der Waals surface area contributed by atoms with Gasteiger partial charge < -0.3 is 10.1 Å².